The van der Waals surface area contributed by atoms with E-state index < -0.39 is 52.8 Å². The quantitative estimate of drug-likeness (QED) is 0.194. The predicted molar refractivity (Wildman–Crippen MR) is 142 cm³/mol. The van der Waals surface area contributed by atoms with E-state index in [0.29, 0.717) is 29.1 Å². The summed E-state index contributed by atoms with van der Waals surface area (Å²) in [6.07, 6.45) is -4.74. The highest BCUT2D eigenvalue weighted by molar-refractivity contribution is 9.10. The van der Waals surface area contributed by atoms with Gasteiger partial charge in [0.15, 0.2) is 0 Å². The van der Waals surface area contributed by atoms with Crippen molar-refractivity contribution >= 4 is 44.2 Å². The summed E-state index contributed by atoms with van der Waals surface area (Å²) >= 11 is 3.31. The monoisotopic (exact) mass is 618 g/mol. The number of amides is 2. The van der Waals surface area contributed by atoms with Crippen LogP contribution in [0.3, 0.4) is 0 Å². The van der Waals surface area contributed by atoms with Crippen LogP contribution in [0.5, 0.6) is 0 Å². The number of fused-ring (bicyclic) bond motifs is 1. The second-order valence-electron chi connectivity index (χ2n) is 8.72. The summed E-state index contributed by atoms with van der Waals surface area (Å²) < 4.78 is 85.5. The molecule has 1 aromatic heterocycles. The molecule has 0 aliphatic heterocycles. The molecule has 5 nitrogen and oxygen atoms in total. The van der Waals surface area contributed by atoms with Crippen molar-refractivity contribution in [1.29, 1.82) is 0 Å². The van der Waals surface area contributed by atoms with Crippen LogP contribution in [0.15, 0.2) is 83.3 Å². The molecule has 1 heterocycles. The van der Waals surface area contributed by atoms with Crippen molar-refractivity contribution in [1.82, 2.24) is 9.78 Å². The maximum absolute atomic E-state index is 14.5. The summed E-state index contributed by atoms with van der Waals surface area (Å²) in [6.45, 7) is -0.602. The Balaban J connectivity index is 1.52. The molecule has 2 amide bonds. The van der Waals surface area contributed by atoms with Crippen LogP contribution in [0.25, 0.3) is 22.2 Å². The first-order valence-electron chi connectivity index (χ1n) is 11.6. The molecule has 5 rings (SSSR count). The van der Waals surface area contributed by atoms with E-state index in [-0.39, 0.29) is 11.1 Å². The third-order valence-electron chi connectivity index (χ3n) is 6.01. The molecule has 4 aromatic carbocycles. The normalized spacial score (nSPS) is 11.6. The van der Waals surface area contributed by atoms with Crippen molar-refractivity contribution in [3.8, 4) is 11.3 Å². The molecule has 2 N–H and O–H groups in total. The Morgan fingerprint density at radius 1 is 0.850 bits per heavy atom. The molecule has 0 aliphatic carbocycles. The van der Waals surface area contributed by atoms with Crippen LogP contribution in [-0.4, -0.2) is 15.8 Å². The van der Waals surface area contributed by atoms with Gasteiger partial charge in [0.25, 0.3) is 0 Å². The van der Waals surface area contributed by atoms with E-state index in [4.69, 9.17) is 0 Å². The Kier molecular flexibility index (Phi) is 7.28. The van der Waals surface area contributed by atoms with Gasteiger partial charge in [0.2, 0.25) is 0 Å². The molecule has 40 heavy (non-hydrogen) atoms. The van der Waals surface area contributed by atoms with Gasteiger partial charge in [-0.25, -0.2) is 18.0 Å². The summed E-state index contributed by atoms with van der Waals surface area (Å²) in [4.78, 5) is 12.4. The lowest BCUT2D eigenvalue weighted by Crippen LogP contribution is -2.19. The number of benzene rings is 4. The maximum Gasteiger partial charge on any atom is 0.418 e. The fraction of sp³-hybridized carbons (Fsp3) is 0.0714. The smallest absolute Gasteiger partial charge is 0.308 e. The summed E-state index contributed by atoms with van der Waals surface area (Å²) in [7, 11) is 0. The van der Waals surface area contributed by atoms with Gasteiger partial charge in [-0.1, -0.05) is 40.2 Å². The minimum absolute atomic E-state index is 0.0893. The zero-order valence-corrected chi connectivity index (χ0v) is 21.7. The van der Waals surface area contributed by atoms with E-state index in [1.807, 2.05) is 0 Å². The lowest BCUT2D eigenvalue weighted by atomic mass is 10.0. The summed E-state index contributed by atoms with van der Waals surface area (Å²) in [5.74, 6) is -3.53. The van der Waals surface area contributed by atoms with E-state index in [1.165, 1.54) is 36.4 Å². The summed E-state index contributed by atoms with van der Waals surface area (Å²) in [6, 6.07) is 16.9. The van der Waals surface area contributed by atoms with Crippen molar-refractivity contribution in [2.24, 2.45) is 0 Å². The number of hydrogen-bond acceptors (Lipinski definition) is 2. The summed E-state index contributed by atoms with van der Waals surface area (Å²) in [5.41, 5.74) is -0.559. The Morgan fingerprint density at radius 2 is 1.43 bits per heavy atom. The van der Waals surface area contributed by atoms with Crippen LogP contribution in [0.1, 0.15) is 11.1 Å². The number of aromatic nitrogens is 2. The van der Waals surface area contributed by atoms with Crippen LogP contribution in [-0.2, 0) is 12.7 Å². The van der Waals surface area contributed by atoms with Crippen LogP contribution in [0.2, 0.25) is 0 Å². The Bertz CT molecular complexity index is 1690. The number of urea groups is 1. The van der Waals surface area contributed by atoms with Gasteiger partial charge >= 0.3 is 12.2 Å². The lowest BCUT2D eigenvalue weighted by Gasteiger charge is -2.12. The van der Waals surface area contributed by atoms with E-state index in [9.17, 15) is 31.1 Å². The molecular weight excluding hydrogens is 602 g/mol. The second-order valence-corrected chi connectivity index (χ2v) is 9.63. The second kappa shape index (κ2) is 10.7. The van der Waals surface area contributed by atoms with Gasteiger partial charge < -0.3 is 10.6 Å². The first-order valence-corrected chi connectivity index (χ1v) is 12.4. The highest BCUT2D eigenvalue weighted by Gasteiger charge is 2.34. The first kappa shape index (κ1) is 27.3. The number of hydrogen-bond donors (Lipinski definition) is 2. The van der Waals surface area contributed by atoms with Crippen LogP contribution < -0.4 is 10.6 Å². The Morgan fingerprint density at radius 3 is 2.00 bits per heavy atom. The highest BCUT2D eigenvalue weighted by Crippen LogP contribution is 2.38. The number of carbonyl (C=O) groups is 1. The average molecular weight is 619 g/mol. The topological polar surface area (TPSA) is 59.0 Å². The molecule has 0 spiro atoms. The first-order chi connectivity index (χ1) is 19.0. The van der Waals surface area contributed by atoms with Gasteiger partial charge in [-0.15, -0.1) is 0 Å². The van der Waals surface area contributed by atoms with Gasteiger partial charge in [0.1, 0.15) is 23.0 Å². The number of anilines is 2. The number of rotatable bonds is 5. The van der Waals surface area contributed by atoms with E-state index >= 15 is 0 Å². The minimum Gasteiger partial charge on any atom is -0.308 e. The largest absolute Gasteiger partial charge is 0.418 e. The fourth-order valence-electron chi connectivity index (χ4n) is 4.21. The Labute approximate surface area is 231 Å². The Hall–Kier alpha value is -4.32. The van der Waals surface area contributed by atoms with E-state index in [0.717, 1.165) is 15.2 Å². The molecule has 0 fully saturated rings. The highest BCUT2D eigenvalue weighted by atomic mass is 79.9. The third kappa shape index (κ3) is 5.67. The number of carbonyl (C=O) groups excluding carboxylic acids is 1. The molecule has 12 heteroatoms. The van der Waals surface area contributed by atoms with Gasteiger partial charge in [0.05, 0.1) is 17.8 Å². The van der Waals surface area contributed by atoms with Crippen LogP contribution >= 0.6 is 15.9 Å². The van der Waals surface area contributed by atoms with Gasteiger partial charge in [-0.2, -0.15) is 18.3 Å². The molecule has 204 valence electrons. The zero-order chi connectivity index (χ0) is 28.6. The van der Waals surface area contributed by atoms with Gasteiger partial charge in [-0.05, 0) is 42.5 Å². The van der Waals surface area contributed by atoms with Crippen LogP contribution in [0.4, 0.5) is 42.5 Å². The zero-order valence-electron chi connectivity index (χ0n) is 20.2. The number of nitrogens with one attached hydrogen (secondary N) is 2. The van der Waals surface area contributed by atoms with Gasteiger partial charge in [-0.3, -0.25) is 4.68 Å². The van der Waals surface area contributed by atoms with Crippen LogP contribution in [0, 0.1) is 17.5 Å². The standard InChI is InChI=1S/C28H17BrF6N4O/c29-16-6-10-19(11-7-16)37-27(40)36-18-8-4-15(5-9-18)26-20-2-1-3-22(28(33,34)35)25(20)38-39(26)14-21-23(31)12-17(30)13-24(21)32/h1-13H,14H2,(H2,36,37,40). The number of alkyl halides is 3. The molecule has 5 aromatic rings. The van der Waals surface area contributed by atoms with E-state index in [2.05, 4.69) is 31.7 Å². The van der Waals surface area contributed by atoms with Crippen molar-refractivity contribution in [3.63, 3.8) is 0 Å². The van der Waals surface area contributed by atoms with Crippen molar-refractivity contribution in [2.45, 2.75) is 12.7 Å². The molecular formula is C28H17BrF6N4O. The number of halogens is 7. The molecule has 0 unspecified atom stereocenters. The van der Waals surface area contributed by atoms with Crippen molar-refractivity contribution in [2.75, 3.05) is 10.6 Å². The molecule has 0 bridgehead atoms. The average Bonchev–Trinajstić information content (AvgIpc) is 3.25. The molecule has 0 saturated heterocycles. The SMILES string of the molecule is O=C(Nc1ccc(Br)cc1)Nc1ccc(-c2c3cccc(C(F)(F)F)c3nn2Cc2c(F)cc(F)cc2F)cc1. The van der Waals surface area contributed by atoms with Crippen molar-refractivity contribution in [3.05, 3.63) is 112 Å². The van der Waals surface area contributed by atoms with Crippen molar-refractivity contribution < 1.29 is 31.1 Å². The number of nitrogens with zero attached hydrogens (tertiary/aromatic N) is 2. The maximum atomic E-state index is 14.5. The molecule has 0 saturated carbocycles. The minimum atomic E-state index is -4.74. The third-order valence-corrected chi connectivity index (χ3v) is 6.54. The molecule has 0 atom stereocenters. The fourth-order valence-corrected chi connectivity index (χ4v) is 4.48. The van der Waals surface area contributed by atoms with E-state index in [1.54, 1.807) is 24.3 Å². The molecule has 0 aliphatic rings. The molecule has 0 radical (unpaired) electrons. The lowest BCUT2D eigenvalue weighted by molar-refractivity contribution is -0.136. The summed E-state index contributed by atoms with van der Waals surface area (Å²) in [5, 5.41) is 9.47. The van der Waals surface area contributed by atoms with Gasteiger partial charge in [0, 0.05) is 44.5 Å². The predicted octanol–water partition coefficient (Wildman–Crippen LogP) is 8.59.